The van der Waals surface area contributed by atoms with Crippen molar-refractivity contribution in [2.45, 2.75) is 13.0 Å². The number of carbonyl (C=O) groups excluding carboxylic acids is 1. The Morgan fingerprint density at radius 2 is 2.14 bits per heavy atom. The number of rotatable bonds is 1. The molecule has 1 atom stereocenters. The van der Waals surface area contributed by atoms with E-state index in [4.69, 9.17) is 5.11 Å². The lowest BCUT2D eigenvalue weighted by Crippen LogP contribution is -2.32. The van der Waals surface area contributed by atoms with Crippen LogP contribution in [0.15, 0.2) is 0 Å². The van der Waals surface area contributed by atoms with Crippen molar-refractivity contribution in [3.63, 3.8) is 0 Å². The van der Waals surface area contributed by atoms with E-state index in [-0.39, 0.29) is 6.90 Å². The summed E-state index contributed by atoms with van der Waals surface area (Å²) in [7, 11) is 0. The molecule has 3 N–H and O–H groups in total. The Kier molecular flexibility index (Phi) is 4.92. The van der Waals surface area contributed by atoms with Crippen LogP contribution in [0.3, 0.4) is 0 Å². The summed E-state index contributed by atoms with van der Waals surface area (Å²) in [6, 6.07) is 0. The van der Waals surface area contributed by atoms with Crippen LogP contribution in [-0.4, -0.2) is 22.7 Å². The highest BCUT2D eigenvalue weighted by Gasteiger charge is 1.89. The lowest BCUT2D eigenvalue weighted by Gasteiger charge is -2.00. The molecule has 0 amide bonds. The van der Waals surface area contributed by atoms with Gasteiger partial charge in [0.05, 0.1) is 12.1 Å². The third kappa shape index (κ3) is 5.39. The summed E-state index contributed by atoms with van der Waals surface area (Å²) in [6.45, 7) is 1.13. The highest BCUT2D eigenvalue weighted by Crippen LogP contribution is 1.69. The first-order chi connectivity index (χ1) is 2.64. The molecule has 0 fully saturated rings. The van der Waals surface area contributed by atoms with E-state index in [2.05, 4.69) is 0 Å². The molecule has 0 aromatic rings. The maximum Gasteiger partial charge on any atom is 1.00 e. The van der Waals surface area contributed by atoms with Gasteiger partial charge in [0.1, 0.15) is 0 Å². The number of aliphatic hydroxyl groups excluding tert-OH is 1. The van der Waals surface area contributed by atoms with Gasteiger partial charge < -0.3 is 20.5 Å². The molecule has 0 aliphatic carbocycles. The number of carboxylic acids is 1. The summed E-state index contributed by atoms with van der Waals surface area (Å²) >= 11 is 0. The maximum atomic E-state index is 9.34. The van der Waals surface area contributed by atoms with Crippen molar-refractivity contribution < 1.29 is 21.9 Å². The van der Waals surface area contributed by atoms with Crippen LogP contribution in [0.25, 0.3) is 0 Å². The van der Waals surface area contributed by atoms with Gasteiger partial charge in [0, 0.05) is 0 Å². The molecule has 44 valence electrons. The minimum Gasteiger partial charge on any atom is -0.547 e. The first kappa shape index (κ1) is 9.63. The third-order valence-electron chi connectivity index (χ3n) is 0.341. The second kappa shape index (κ2) is 3.58. The fourth-order valence-corrected chi connectivity index (χ4v) is 0. The number of aliphatic carboxylic acids is 1. The minimum atomic E-state index is -1.44. The van der Waals surface area contributed by atoms with E-state index in [1.165, 1.54) is 0 Å². The topological polar surface area (TPSA) is 91.9 Å². The summed E-state index contributed by atoms with van der Waals surface area (Å²) in [6.07, 6.45) is -1.34. The van der Waals surface area contributed by atoms with Crippen molar-refractivity contribution in [1.82, 2.24) is 0 Å². The Hall–Kier alpha value is -0.610. The van der Waals surface area contributed by atoms with Gasteiger partial charge in [-0.05, 0) is 6.92 Å². The molecule has 0 spiro atoms. The standard InChI is InChI=1S/C3H6O3.H2O/c1-2(4)3(5)6;/h2,4H,1H3,(H,5,6);1H2. The van der Waals surface area contributed by atoms with Crippen molar-refractivity contribution in [3.05, 3.63) is 0 Å². The van der Waals surface area contributed by atoms with Gasteiger partial charge in [-0.2, -0.15) is 0 Å². The molecule has 4 heteroatoms. The number of hydrogen-bond acceptors (Lipinski definition) is 3. The highest BCUT2D eigenvalue weighted by atomic mass is 16.4. The van der Waals surface area contributed by atoms with Crippen LogP contribution in [0.2, 0.25) is 0 Å². The number of carbonyl (C=O) groups is 1. The van der Waals surface area contributed by atoms with Crippen molar-refractivity contribution in [2.24, 2.45) is 0 Å². The van der Waals surface area contributed by atoms with Crippen LogP contribution in [0.5, 0.6) is 0 Å². The lowest BCUT2D eigenvalue weighted by atomic mass is 10.4. The summed E-state index contributed by atoms with van der Waals surface area (Å²) in [5, 5.41) is 17.3. The molecule has 0 radical (unpaired) electrons. The predicted octanol–water partition coefficient (Wildman–Crippen LogP) is -2.60. The predicted molar refractivity (Wildman–Crippen MR) is 21.4 cm³/mol. The van der Waals surface area contributed by atoms with E-state index in [9.17, 15) is 9.90 Å². The molecule has 0 aliphatic heterocycles. The van der Waals surface area contributed by atoms with E-state index >= 15 is 0 Å². The van der Waals surface area contributed by atoms with Gasteiger partial charge in [0.15, 0.2) is 0 Å². The normalized spacial score (nSPS) is 11.7. The first-order valence-electron chi connectivity index (χ1n) is 1.53. The quantitative estimate of drug-likeness (QED) is 0.399. The molecular weight excluding hydrogens is 100 g/mol. The van der Waals surface area contributed by atoms with E-state index in [0.29, 0.717) is 0 Å². The molecule has 0 saturated heterocycles. The minimum absolute atomic E-state index is 0. The molecule has 0 heterocycles. The maximum absolute atomic E-state index is 9.34. The van der Waals surface area contributed by atoms with Crippen molar-refractivity contribution in [3.8, 4) is 0 Å². The monoisotopic (exact) mass is 108 g/mol. The van der Waals surface area contributed by atoms with E-state index in [1.807, 2.05) is 0 Å². The summed E-state index contributed by atoms with van der Waals surface area (Å²) in [5.41, 5.74) is 0. The van der Waals surface area contributed by atoms with Crippen LogP contribution < -0.4 is 5.11 Å². The van der Waals surface area contributed by atoms with Gasteiger partial charge in [-0.3, -0.25) is 0 Å². The van der Waals surface area contributed by atoms with Gasteiger partial charge in [-0.1, -0.05) is 0 Å². The Morgan fingerprint density at radius 1 is 2.00 bits per heavy atom. The second-order valence-corrected chi connectivity index (χ2v) is 0.995. The van der Waals surface area contributed by atoms with Crippen molar-refractivity contribution in [1.29, 1.82) is 0 Å². The summed E-state index contributed by atoms with van der Waals surface area (Å²) in [5.74, 6) is -1.44. The van der Waals surface area contributed by atoms with E-state index < -0.39 is 12.1 Å². The van der Waals surface area contributed by atoms with Gasteiger partial charge in [-0.25, -0.2) is 0 Å². The van der Waals surface area contributed by atoms with Gasteiger partial charge in [0.25, 0.3) is 0 Å². The van der Waals surface area contributed by atoms with Crippen LogP contribution in [0.4, 0.5) is 0 Å². The second-order valence-electron chi connectivity index (χ2n) is 0.995. The van der Waals surface area contributed by atoms with Crippen LogP contribution >= 0.6 is 0 Å². The molecule has 7 heavy (non-hydrogen) atoms. The van der Waals surface area contributed by atoms with Gasteiger partial charge >= 0.3 is 1.43 Å². The number of aliphatic hydroxyl groups is 1. The molecule has 0 aliphatic rings. The van der Waals surface area contributed by atoms with Gasteiger partial charge in [-0.15, -0.1) is 0 Å². The molecule has 0 rings (SSSR count). The zero-order valence-electron chi connectivity index (χ0n) is 4.84. The molecule has 0 aromatic heterocycles. The lowest BCUT2D eigenvalue weighted by molar-refractivity contribution is -0.314. The largest absolute Gasteiger partial charge is 1.00 e. The SMILES string of the molecule is CC(O)C(=O)[O-].O.[H+]. The average molecular weight is 108 g/mol. The molecule has 0 saturated carbocycles. The smallest absolute Gasteiger partial charge is 0.547 e. The fourth-order valence-electron chi connectivity index (χ4n) is 0. The molecule has 1 unspecified atom stereocenters. The van der Waals surface area contributed by atoms with E-state index in [0.717, 1.165) is 6.92 Å². The Morgan fingerprint density at radius 3 is 2.14 bits per heavy atom. The summed E-state index contributed by atoms with van der Waals surface area (Å²) < 4.78 is 0. The molecular formula is C3H8O4. The Balaban J connectivity index is -0.000000125. The molecule has 0 bridgehead atoms. The zero-order valence-corrected chi connectivity index (χ0v) is 3.84. The van der Waals surface area contributed by atoms with Crippen molar-refractivity contribution >= 4 is 5.97 Å². The van der Waals surface area contributed by atoms with Gasteiger partial charge in [0.2, 0.25) is 0 Å². The molecule has 0 aromatic carbocycles. The zero-order chi connectivity index (χ0) is 5.15. The average Bonchev–Trinajstić information content (AvgIpc) is 1.36. The van der Waals surface area contributed by atoms with Crippen molar-refractivity contribution in [2.75, 3.05) is 0 Å². The van der Waals surface area contributed by atoms with Crippen LogP contribution in [0, 0.1) is 0 Å². The third-order valence-corrected chi connectivity index (χ3v) is 0.341. The van der Waals surface area contributed by atoms with E-state index in [1.54, 1.807) is 0 Å². The number of hydrogen-bond donors (Lipinski definition) is 1. The van der Waals surface area contributed by atoms with Crippen LogP contribution in [0.1, 0.15) is 8.35 Å². The molecule has 4 nitrogen and oxygen atoms in total. The Bertz CT molecular complexity index is 62.3. The fraction of sp³-hybridized carbons (Fsp3) is 0.667. The highest BCUT2D eigenvalue weighted by molar-refractivity contribution is 5.68. The summed E-state index contributed by atoms with van der Waals surface area (Å²) in [4.78, 5) is 9.34. The Labute approximate surface area is 42.2 Å². The first-order valence-corrected chi connectivity index (χ1v) is 1.53. The van der Waals surface area contributed by atoms with Crippen LogP contribution in [-0.2, 0) is 4.79 Å². The number of carboxylic acid groups (broad SMARTS) is 1.